The summed E-state index contributed by atoms with van der Waals surface area (Å²) in [5.74, 6) is -2.98. The van der Waals surface area contributed by atoms with Crippen molar-refractivity contribution in [1.29, 1.82) is 0 Å². The van der Waals surface area contributed by atoms with Crippen molar-refractivity contribution in [2.24, 2.45) is 11.8 Å². The maximum absolute atomic E-state index is 13.8. The molecule has 1 heterocycles. The average Bonchev–Trinajstić information content (AvgIpc) is 2.96. The van der Waals surface area contributed by atoms with E-state index in [4.69, 9.17) is 4.74 Å². The first kappa shape index (κ1) is 21.2. The van der Waals surface area contributed by atoms with Crippen molar-refractivity contribution in [3.63, 3.8) is 0 Å². The van der Waals surface area contributed by atoms with E-state index in [1.165, 1.54) is 6.07 Å². The minimum absolute atomic E-state index is 0.0153. The molecule has 2 aliphatic carbocycles. The van der Waals surface area contributed by atoms with Crippen LogP contribution in [0.15, 0.2) is 29.3 Å². The van der Waals surface area contributed by atoms with Crippen molar-refractivity contribution >= 4 is 11.8 Å². The van der Waals surface area contributed by atoms with Crippen LogP contribution in [0, 0.1) is 11.8 Å². The van der Waals surface area contributed by atoms with Crippen LogP contribution in [-0.4, -0.2) is 17.4 Å². The Hall–Kier alpha value is -2.04. The molecule has 30 heavy (non-hydrogen) atoms. The van der Waals surface area contributed by atoms with Gasteiger partial charge in [0.05, 0.1) is 0 Å². The van der Waals surface area contributed by atoms with Crippen molar-refractivity contribution < 1.29 is 23.1 Å². The first-order valence-electron chi connectivity index (χ1n) is 11.1. The highest BCUT2D eigenvalue weighted by Crippen LogP contribution is 2.47. The molecule has 162 valence electrons. The summed E-state index contributed by atoms with van der Waals surface area (Å²) in [4.78, 5) is 26.1. The molecule has 0 N–H and O–H groups in total. The number of hydrogen-bond donors (Lipinski definition) is 0. The van der Waals surface area contributed by atoms with Crippen LogP contribution in [0.1, 0.15) is 76.0 Å². The molecule has 1 spiro atoms. The molecule has 1 atom stereocenters. The molecule has 0 radical (unpaired) electrons. The third-order valence-electron chi connectivity index (χ3n) is 7.47. The predicted molar refractivity (Wildman–Crippen MR) is 110 cm³/mol. The van der Waals surface area contributed by atoms with E-state index < -0.39 is 11.5 Å². The number of rotatable bonds is 4. The van der Waals surface area contributed by atoms with E-state index in [2.05, 4.69) is 6.92 Å². The summed E-state index contributed by atoms with van der Waals surface area (Å²) in [6.07, 6.45) is 6.21. The number of ether oxygens (including phenoxy) is 1. The van der Waals surface area contributed by atoms with Crippen LogP contribution < -0.4 is 0 Å². The number of hydrogen-bond acceptors (Lipinski definition) is 3. The minimum Gasteiger partial charge on any atom is -0.451 e. The van der Waals surface area contributed by atoms with Gasteiger partial charge >= 0.3 is 5.97 Å². The molecule has 0 saturated heterocycles. The summed E-state index contributed by atoms with van der Waals surface area (Å²) in [6.45, 7) is 4.76. The zero-order valence-electron chi connectivity index (χ0n) is 18.0. The lowest BCUT2D eigenvalue weighted by atomic mass is 9.69. The van der Waals surface area contributed by atoms with Crippen molar-refractivity contribution in [1.82, 2.24) is 0 Å². The smallest absolute Gasteiger partial charge is 0.335 e. The molecule has 1 aromatic rings. The van der Waals surface area contributed by atoms with E-state index >= 15 is 0 Å². The second kappa shape index (κ2) is 7.58. The number of benzene rings is 1. The Morgan fingerprint density at radius 2 is 1.90 bits per heavy atom. The van der Waals surface area contributed by atoms with E-state index in [-0.39, 0.29) is 23.2 Å². The quantitative estimate of drug-likeness (QED) is 0.593. The Labute approximate surface area is 176 Å². The van der Waals surface area contributed by atoms with Crippen LogP contribution in [0.4, 0.5) is 8.78 Å². The molecular weight excluding hydrogens is 386 g/mol. The van der Waals surface area contributed by atoms with Crippen LogP contribution in [0.25, 0.3) is 0 Å². The Bertz CT molecular complexity index is 901. The normalized spacial score (nSPS) is 29.2. The molecule has 4 rings (SSSR count). The number of alkyl halides is 2. The Kier molecular flexibility index (Phi) is 5.36. The first-order chi connectivity index (χ1) is 14.1. The Morgan fingerprint density at radius 1 is 1.20 bits per heavy atom. The van der Waals surface area contributed by atoms with E-state index in [0.29, 0.717) is 49.2 Å². The average molecular weight is 417 g/mol. The topological polar surface area (TPSA) is 43.4 Å². The maximum Gasteiger partial charge on any atom is 0.335 e. The molecule has 0 amide bonds. The third-order valence-corrected chi connectivity index (χ3v) is 7.47. The van der Waals surface area contributed by atoms with Gasteiger partial charge in [0.1, 0.15) is 5.60 Å². The van der Waals surface area contributed by atoms with Gasteiger partial charge in [0, 0.05) is 29.6 Å². The summed E-state index contributed by atoms with van der Waals surface area (Å²) in [5, 5.41) is 0. The van der Waals surface area contributed by atoms with Gasteiger partial charge in [-0.2, -0.15) is 0 Å². The summed E-state index contributed by atoms with van der Waals surface area (Å²) < 4.78 is 33.4. The highest BCUT2D eigenvalue weighted by atomic mass is 19.3. The van der Waals surface area contributed by atoms with E-state index in [1.54, 1.807) is 19.1 Å². The van der Waals surface area contributed by atoms with Gasteiger partial charge < -0.3 is 4.74 Å². The summed E-state index contributed by atoms with van der Waals surface area (Å²) in [6, 6.07) is 4.80. The van der Waals surface area contributed by atoms with Gasteiger partial charge in [0.2, 0.25) is 0 Å². The van der Waals surface area contributed by atoms with Gasteiger partial charge in [-0.3, -0.25) is 4.79 Å². The van der Waals surface area contributed by atoms with Crippen LogP contribution >= 0.6 is 0 Å². The lowest BCUT2D eigenvalue weighted by Gasteiger charge is -2.38. The molecule has 1 fully saturated rings. The second-order valence-electron chi connectivity index (χ2n) is 9.41. The number of Topliss-reactive ketones (excluding diaryl/α,β-unsaturated/α-hetero) is 1. The molecule has 3 nitrogen and oxygen atoms in total. The zero-order valence-corrected chi connectivity index (χ0v) is 18.0. The molecule has 1 aromatic carbocycles. The SMILES string of the molecule is CCC1CCC2(CC1)OC(=O)C(C)=C2C(=O)C1CCc2ccc(C(C)(F)F)cc2C1. The van der Waals surface area contributed by atoms with Gasteiger partial charge in [-0.05, 0) is 75.0 Å². The molecule has 1 saturated carbocycles. The van der Waals surface area contributed by atoms with E-state index in [1.807, 2.05) is 0 Å². The number of carbonyl (C=O) groups is 2. The van der Waals surface area contributed by atoms with Crippen LogP contribution in [-0.2, 0) is 33.1 Å². The lowest BCUT2D eigenvalue weighted by Crippen LogP contribution is -2.41. The highest BCUT2D eigenvalue weighted by molar-refractivity contribution is 6.09. The monoisotopic (exact) mass is 416 g/mol. The largest absolute Gasteiger partial charge is 0.451 e. The van der Waals surface area contributed by atoms with Crippen LogP contribution in [0.5, 0.6) is 0 Å². The van der Waals surface area contributed by atoms with Crippen molar-refractivity contribution in [3.05, 3.63) is 46.0 Å². The van der Waals surface area contributed by atoms with E-state index in [9.17, 15) is 18.4 Å². The second-order valence-corrected chi connectivity index (χ2v) is 9.41. The molecule has 5 heteroatoms. The summed E-state index contributed by atoms with van der Waals surface area (Å²) >= 11 is 0. The fourth-order valence-corrected chi connectivity index (χ4v) is 5.52. The van der Waals surface area contributed by atoms with Gasteiger partial charge in [-0.25, -0.2) is 13.6 Å². The van der Waals surface area contributed by atoms with Crippen LogP contribution in [0.3, 0.4) is 0 Å². The molecule has 0 aromatic heterocycles. The molecular formula is C25H30F2O3. The van der Waals surface area contributed by atoms with Gasteiger partial charge in [0.25, 0.3) is 5.92 Å². The van der Waals surface area contributed by atoms with Gasteiger partial charge in [-0.1, -0.05) is 25.5 Å². The third kappa shape index (κ3) is 3.61. The van der Waals surface area contributed by atoms with E-state index in [0.717, 1.165) is 37.3 Å². The molecule has 0 bridgehead atoms. The summed E-state index contributed by atoms with van der Waals surface area (Å²) in [7, 11) is 0. The van der Waals surface area contributed by atoms with Crippen molar-refractivity contribution in [2.45, 2.75) is 83.7 Å². The minimum atomic E-state index is -2.90. The van der Waals surface area contributed by atoms with Crippen LogP contribution in [0.2, 0.25) is 0 Å². The maximum atomic E-state index is 13.8. The lowest BCUT2D eigenvalue weighted by molar-refractivity contribution is -0.150. The zero-order chi connectivity index (χ0) is 21.7. The van der Waals surface area contributed by atoms with Gasteiger partial charge in [0.15, 0.2) is 5.78 Å². The summed E-state index contributed by atoms with van der Waals surface area (Å²) in [5.41, 5.74) is 2.07. The van der Waals surface area contributed by atoms with Crippen molar-refractivity contribution in [3.8, 4) is 0 Å². The Morgan fingerprint density at radius 3 is 2.53 bits per heavy atom. The standard InChI is InChI=1S/C25H30F2O3/c1-4-16-9-11-25(12-10-16)21(15(2)23(29)30-25)22(28)18-6-5-17-7-8-20(24(3,26)27)14-19(17)13-18/h7-8,14,16,18H,4-6,9-13H2,1-3H3. The molecule has 1 aliphatic heterocycles. The number of esters is 1. The fraction of sp³-hybridized carbons (Fsp3) is 0.600. The number of fused-ring (bicyclic) bond motifs is 1. The molecule has 1 unspecified atom stereocenters. The first-order valence-corrected chi connectivity index (χ1v) is 11.1. The fourth-order valence-electron chi connectivity index (χ4n) is 5.52. The number of carbonyl (C=O) groups excluding carboxylic acids is 2. The number of halogens is 2. The number of aryl methyl sites for hydroxylation is 1. The molecule has 3 aliphatic rings. The predicted octanol–water partition coefficient (Wildman–Crippen LogP) is 5.68. The highest BCUT2D eigenvalue weighted by Gasteiger charge is 2.51. The Balaban J connectivity index is 1.60. The van der Waals surface area contributed by atoms with Crippen molar-refractivity contribution in [2.75, 3.05) is 0 Å². The number of ketones is 1. The van der Waals surface area contributed by atoms with Gasteiger partial charge in [-0.15, -0.1) is 0 Å².